The summed E-state index contributed by atoms with van der Waals surface area (Å²) in [4.78, 5) is 37.1. The number of hydrogen-bond acceptors (Lipinski definition) is 4. The predicted molar refractivity (Wildman–Crippen MR) is 91.4 cm³/mol. The lowest BCUT2D eigenvalue weighted by Gasteiger charge is -2.29. The Bertz CT molecular complexity index is 642. The van der Waals surface area contributed by atoms with Gasteiger partial charge in [0, 0.05) is 24.6 Å². The van der Waals surface area contributed by atoms with Crippen LogP contribution in [0.1, 0.15) is 50.4 Å². The van der Waals surface area contributed by atoms with Crippen molar-refractivity contribution in [1.82, 2.24) is 5.32 Å². The van der Waals surface area contributed by atoms with Gasteiger partial charge >= 0.3 is 0 Å². The second-order valence-corrected chi connectivity index (χ2v) is 6.05. The first-order chi connectivity index (χ1) is 11.4. The molecule has 130 valence electrons. The zero-order chi connectivity index (χ0) is 17.7. The zero-order valence-corrected chi connectivity index (χ0v) is 14.4. The first kappa shape index (κ1) is 18.0. The largest absolute Gasteiger partial charge is 0.482 e. The summed E-state index contributed by atoms with van der Waals surface area (Å²) in [6.45, 7) is 5.86. The number of Topliss-reactive ketones (excluding diaryl/α,β-unsaturated/α-hetero) is 1. The number of fused-ring (bicyclic) bond motifs is 1. The van der Waals surface area contributed by atoms with Crippen molar-refractivity contribution < 1.29 is 19.1 Å². The number of ketones is 1. The Balaban J connectivity index is 2.03. The third-order valence-electron chi connectivity index (χ3n) is 4.11. The molecule has 1 aliphatic heterocycles. The minimum atomic E-state index is -0.162. The van der Waals surface area contributed by atoms with E-state index in [1.54, 1.807) is 23.1 Å². The van der Waals surface area contributed by atoms with Gasteiger partial charge in [-0.2, -0.15) is 0 Å². The van der Waals surface area contributed by atoms with Gasteiger partial charge in [0.25, 0.3) is 5.91 Å². The van der Waals surface area contributed by atoms with Crippen LogP contribution in [0.3, 0.4) is 0 Å². The average molecular weight is 332 g/mol. The molecule has 0 spiro atoms. The van der Waals surface area contributed by atoms with Gasteiger partial charge in [0.2, 0.25) is 5.91 Å². The maximum atomic E-state index is 12.2. The lowest BCUT2D eigenvalue weighted by Crippen LogP contribution is -2.40. The molecule has 0 radical (unpaired) electrons. The fraction of sp³-hybridized carbons (Fsp3) is 0.500. The lowest BCUT2D eigenvalue weighted by molar-refractivity contribution is -0.123. The Morgan fingerprint density at radius 3 is 2.79 bits per heavy atom. The van der Waals surface area contributed by atoms with Gasteiger partial charge in [0.1, 0.15) is 5.75 Å². The van der Waals surface area contributed by atoms with E-state index < -0.39 is 0 Å². The molecular formula is C18H24N2O4. The predicted octanol–water partition coefficient (Wildman–Crippen LogP) is 2.31. The number of nitrogens with one attached hydrogen (secondary N) is 1. The quantitative estimate of drug-likeness (QED) is 0.778. The summed E-state index contributed by atoms with van der Waals surface area (Å²) in [6.07, 6.45) is 1.79. The van der Waals surface area contributed by atoms with E-state index in [0.29, 0.717) is 36.4 Å². The van der Waals surface area contributed by atoms with Crippen LogP contribution in [0.4, 0.5) is 5.69 Å². The number of anilines is 1. The molecule has 1 N–H and O–H groups in total. The molecule has 0 unspecified atom stereocenters. The highest BCUT2D eigenvalue weighted by Crippen LogP contribution is 2.33. The van der Waals surface area contributed by atoms with Crippen LogP contribution in [0.5, 0.6) is 5.75 Å². The van der Waals surface area contributed by atoms with E-state index in [9.17, 15) is 14.4 Å². The maximum absolute atomic E-state index is 12.2. The number of carbonyl (C=O) groups is 3. The minimum absolute atomic E-state index is 0.0113. The fourth-order valence-electron chi connectivity index (χ4n) is 2.51. The Morgan fingerprint density at radius 1 is 1.38 bits per heavy atom. The summed E-state index contributed by atoms with van der Waals surface area (Å²) in [5.41, 5.74) is 1.13. The van der Waals surface area contributed by atoms with E-state index in [4.69, 9.17) is 4.74 Å². The van der Waals surface area contributed by atoms with Crippen molar-refractivity contribution in [3.05, 3.63) is 23.8 Å². The monoisotopic (exact) mass is 332 g/mol. The molecule has 1 aromatic carbocycles. The lowest BCUT2D eigenvalue weighted by atomic mass is 10.1. The van der Waals surface area contributed by atoms with Crippen molar-refractivity contribution in [1.29, 1.82) is 0 Å². The van der Waals surface area contributed by atoms with Crippen LogP contribution in [0.2, 0.25) is 0 Å². The molecule has 6 nitrogen and oxygen atoms in total. The molecule has 0 bridgehead atoms. The van der Waals surface area contributed by atoms with Crippen LogP contribution in [0.25, 0.3) is 0 Å². The number of rotatable bonds is 7. The SMILES string of the molecule is CC[C@@H](C)NC(=O)CCCN1C(=O)COc2ccc(C(C)=O)cc21. The number of benzene rings is 1. The number of amides is 2. The number of ether oxygens (including phenoxy) is 1. The number of nitrogens with zero attached hydrogens (tertiary/aromatic N) is 1. The first-order valence-electron chi connectivity index (χ1n) is 8.30. The summed E-state index contributed by atoms with van der Waals surface area (Å²) in [7, 11) is 0. The van der Waals surface area contributed by atoms with Gasteiger partial charge in [-0.15, -0.1) is 0 Å². The molecule has 1 heterocycles. The van der Waals surface area contributed by atoms with E-state index >= 15 is 0 Å². The van der Waals surface area contributed by atoms with Crippen LogP contribution < -0.4 is 15.0 Å². The van der Waals surface area contributed by atoms with Crippen molar-refractivity contribution in [2.24, 2.45) is 0 Å². The van der Waals surface area contributed by atoms with Gasteiger partial charge in [-0.1, -0.05) is 6.92 Å². The molecule has 0 aliphatic carbocycles. The zero-order valence-electron chi connectivity index (χ0n) is 14.4. The van der Waals surface area contributed by atoms with Gasteiger partial charge in [-0.25, -0.2) is 0 Å². The normalized spacial score (nSPS) is 14.6. The smallest absolute Gasteiger partial charge is 0.265 e. The molecule has 24 heavy (non-hydrogen) atoms. The average Bonchev–Trinajstić information content (AvgIpc) is 2.56. The Labute approximate surface area is 142 Å². The standard InChI is InChI=1S/C18H24N2O4/c1-4-12(2)19-17(22)6-5-9-20-15-10-14(13(3)21)7-8-16(15)24-11-18(20)23/h7-8,10,12H,4-6,9,11H2,1-3H3,(H,19,22)/t12-/m1/s1. The molecule has 0 saturated heterocycles. The van der Waals surface area contributed by atoms with Crippen LogP contribution in [-0.4, -0.2) is 36.8 Å². The number of hydrogen-bond donors (Lipinski definition) is 1. The van der Waals surface area contributed by atoms with Crippen molar-refractivity contribution in [2.45, 2.75) is 46.1 Å². The van der Waals surface area contributed by atoms with Crippen LogP contribution in [-0.2, 0) is 9.59 Å². The highest BCUT2D eigenvalue weighted by Gasteiger charge is 2.26. The van der Waals surface area contributed by atoms with Gasteiger partial charge in [0.15, 0.2) is 12.4 Å². The summed E-state index contributed by atoms with van der Waals surface area (Å²) in [5.74, 6) is 0.348. The molecule has 2 rings (SSSR count). The van der Waals surface area contributed by atoms with Crippen molar-refractivity contribution >= 4 is 23.3 Å². The Hall–Kier alpha value is -2.37. The van der Waals surface area contributed by atoms with Crippen molar-refractivity contribution in [3.63, 3.8) is 0 Å². The summed E-state index contributed by atoms with van der Waals surface area (Å²) in [5, 5.41) is 2.91. The number of carbonyl (C=O) groups excluding carboxylic acids is 3. The maximum Gasteiger partial charge on any atom is 0.265 e. The van der Waals surface area contributed by atoms with Gasteiger partial charge in [-0.05, 0) is 44.9 Å². The van der Waals surface area contributed by atoms with Gasteiger partial charge in [-0.3, -0.25) is 14.4 Å². The molecule has 2 amide bonds. The van der Waals surface area contributed by atoms with Crippen LogP contribution >= 0.6 is 0 Å². The molecule has 1 aliphatic rings. The van der Waals surface area contributed by atoms with E-state index in [-0.39, 0.29) is 30.2 Å². The molecular weight excluding hydrogens is 308 g/mol. The summed E-state index contributed by atoms with van der Waals surface area (Å²) >= 11 is 0. The van der Waals surface area contributed by atoms with E-state index in [1.807, 2.05) is 13.8 Å². The van der Waals surface area contributed by atoms with E-state index in [1.165, 1.54) is 6.92 Å². The fourth-order valence-corrected chi connectivity index (χ4v) is 2.51. The highest BCUT2D eigenvalue weighted by molar-refractivity contribution is 6.01. The molecule has 0 saturated carbocycles. The van der Waals surface area contributed by atoms with E-state index in [0.717, 1.165) is 6.42 Å². The van der Waals surface area contributed by atoms with Gasteiger partial charge in [0.05, 0.1) is 5.69 Å². The highest BCUT2D eigenvalue weighted by atomic mass is 16.5. The molecule has 6 heteroatoms. The van der Waals surface area contributed by atoms with E-state index in [2.05, 4.69) is 5.32 Å². The molecule has 0 aromatic heterocycles. The van der Waals surface area contributed by atoms with Crippen LogP contribution in [0.15, 0.2) is 18.2 Å². The third kappa shape index (κ3) is 4.34. The molecule has 1 aromatic rings. The Kier molecular flexibility index (Phi) is 5.95. The third-order valence-corrected chi connectivity index (χ3v) is 4.11. The van der Waals surface area contributed by atoms with Crippen molar-refractivity contribution in [3.8, 4) is 5.75 Å². The minimum Gasteiger partial charge on any atom is -0.482 e. The Morgan fingerprint density at radius 2 is 2.12 bits per heavy atom. The second kappa shape index (κ2) is 7.95. The molecule has 1 atom stereocenters. The van der Waals surface area contributed by atoms with Gasteiger partial charge < -0.3 is 15.0 Å². The second-order valence-electron chi connectivity index (χ2n) is 6.05. The summed E-state index contributed by atoms with van der Waals surface area (Å²) < 4.78 is 5.41. The first-order valence-corrected chi connectivity index (χ1v) is 8.30. The molecule has 0 fully saturated rings. The van der Waals surface area contributed by atoms with Crippen molar-refractivity contribution in [2.75, 3.05) is 18.1 Å². The van der Waals surface area contributed by atoms with Crippen LogP contribution in [0, 0.1) is 0 Å². The summed E-state index contributed by atoms with van der Waals surface area (Å²) in [6, 6.07) is 5.23. The topological polar surface area (TPSA) is 75.7 Å².